The number of rotatable bonds is 40. The Balaban J connectivity index is 4.56. The fourth-order valence-electron chi connectivity index (χ4n) is 5.83. The zero-order valence-corrected chi connectivity index (χ0v) is 38.2. The molecule has 6 nitrogen and oxygen atoms in total. The van der Waals surface area contributed by atoms with Gasteiger partial charge in [-0.25, -0.2) is 0 Å². The zero-order valence-electron chi connectivity index (χ0n) is 38.2. The van der Waals surface area contributed by atoms with Crippen molar-refractivity contribution in [3.63, 3.8) is 0 Å². The highest BCUT2D eigenvalue weighted by Gasteiger charge is 2.19. The van der Waals surface area contributed by atoms with Gasteiger partial charge >= 0.3 is 17.9 Å². The lowest BCUT2D eigenvalue weighted by Crippen LogP contribution is -2.30. The molecule has 0 saturated heterocycles. The standard InChI is InChI=1S/C54H84O6/c1-4-7-10-13-16-19-22-24-25-26-27-28-29-31-32-35-38-41-44-47-53(56)59-50-51(49-58-52(55)46-43-40-37-34-21-18-15-12-9-6-3)60-54(57)48-45-42-39-36-33-30-23-20-17-14-11-8-5-2/h7-8,10-11,14,16-17,19-20,23-25,27-28,30-33,38,41,51H,4-6,9,12-13,15,18,21-22,26,29,34-37,39-40,42-50H2,1-3H3/b10-7-,11-8-,17-14-,19-16-,23-20-,25-24-,28-27-,32-31-,33-30-,41-38-. The molecule has 0 aliphatic rings. The van der Waals surface area contributed by atoms with E-state index < -0.39 is 6.10 Å². The van der Waals surface area contributed by atoms with Crippen LogP contribution in [0.4, 0.5) is 0 Å². The first-order valence-corrected chi connectivity index (χ1v) is 23.6. The van der Waals surface area contributed by atoms with Crippen molar-refractivity contribution in [1.29, 1.82) is 0 Å². The van der Waals surface area contributed by atoms with E-state index in [9.17, 15) is 14.4 Å². The third-order valence-electron chi connectivity index (χ3n) is 9.32. The van der Waals surface area contributed by atoms with Crippen molar-refractivity contribution in [3.8, 4) is 0 Å². The van der Waals surface area contributed by atoms with Gasteiger partial charge in [0.05, 0.1) is 0 Å². The third kappa shape index (κ3) is 44.9. The molecule has 0 rings (SSSR count). The van der Waals surface area contributed by atoms with Crippen LogP contribution in [0.3, 0.4) is 0 Å². The van der Waals surface area contributed by atoms with E-state index in [2.05, 4.69) is 93.7 Å². The van der Waals surface area contributed by atoms with Gasteiger partial charge in [0, 0.05) is 19.3 Å². The maximum atomic E-state index is 12.7. The molecule has 0 aromatic rings. The van der Waals surface area contributed by atoms with Crippen molar-refractivity contribution in [3.05, 3.63) is 122 Å². The number of unbranched alkanes of at least 4 members (excludes halogenated alkanes) is 12. The first kappa shape index (κ1) is 55.8. The largest absolute Gasteiger partial charge is 0.462 e. The molecule has 0 aromatic heterocycles. The lowest BCUT2D eigenvalue weighted by atomic mass is 10.1. The second kappa shape index (κ2) is 47.5. The minimum Gasteiger partial charge on any atom is -0.462 e. The van der Waals surface area contributed by atoms with Crippen LogP contribution in [0.2, 0.25) is 0 Å². The van der Waals surface area contributed by atoms with Crippen molar-refractivity contribution >= 4 is 17.9 Å². The Morgan fingerprint density at radius 1 is 0.367 bits per heavy atom. The summed E-state index contributed by atoms with van der Waals surface area (Å²) in [4.78, 5) is 37.7. The predicted octanol–water partition coefficient (Wildman–Crippen LogP) is 15.4. The molecule has 0 fully saturated rings. The van der Waals surface area contributed by atoms with E-state index in [0.717, 1.165) is 83.5 Å². The molecule has 0 spiro atoms. The topological polar surface area (TPSA) is 78.9 Å². The highest BCUT2D eigenvalue weighted by molar-refractivity contribution is 5.71. The first-order valence-electron chi connectivity index (χ1n) is 23.6. The number of allylic oxidation sites excluding steroid dienone is 20. The summed E-state index contributed by atoms with van der Waals surface area (Å²) in [6.45, 7) is 6.24. The maximum absolute atomic E-state index is 12.7. The maximum Gasteiger partial charge on any atom is 0.306 e. The van der Waals surface area contributed by atoms with Crippen LogP contribution in [0.25, 0.3) is 0 Å². The van der Waals surface area contributed by atoms with Crippen molar-refractivity contribution in [2.75, 3.05) is 13.2 Å². The second-order valence-electron chi connectivity index (χ2n) is 15.0. The van der Waals surface area contributed by atoms with E-state index in [1.165, 1.54) is 44.9 Å². The summed E-state index contributed by atoms with van der Waals surface area (Å²) in [6, 6.07) is 0. The van der Waals surface area contributed by atoms with Crippen molar-refractivity contribution in [2.45, 2.75) is 187 Å². The Labute approximate surface area is 367 Å². The van der Waals surface area contributed by atoms with Gasteiger partial charge < -0.3 is 14.2 Å². The smallest absolute Gasteiger partial charge is 0.306 e. The number of esters is 3. The van der Waals surface area contributed by atoms with Gasteiger partial charge in [-0.2, -0.15) is 0 Å². The Kier molecular flexibility index (Phi) is 44.2. The van der Waals surface area contributed by atoms with Crippen molar-refractivity contribution < 1.29 is 28.6 Å². The summed E-state index contributed by atoms with van der Waals surface area (Å²) in [5.41, 5.74) is 0. The first-order chi connectivity index (χ1) is 29.5. The highest BCUT2D eigenvalue weighted by Crippen LogP contribution is 2.13. The molecule has 0 aromatic carbocycles. The van der Waals surface area contributed by atoms with E-state index in [1.54, 1.807) is 0 Å². The molecule has 0 saturated carbocycles. The molecule has 0 bridgehead atoms. The fraction of sp³-hybridized carbons (Fsp3) is 0.574. The van der Waals surface area contributed by atoms with Crippen LogP contribution in [0, 0.1) is 0 Å². The molecule has 0 heterocycles. The summed E-state index contributed by atoms with van der Waals surface area (Å²) in [6.07, 6.45) is 64.8. The normalized spacial score (nSPS) is 13.2. The predicted molar refractivity (Wildman–Crippen MR) is 256 cm³/mol. The van der Waals surface area contributed by atoms with E-state index in [1.807, 2.05) is 48.6 Å². The van der Waals surface area contributed by atoms with E-state index in [0.29, 0.717) is 19.3 Å². The molecule has 0 N–H and O–H groups in total. The van der Waals surface area contributed by atoms with Crippen LogP contribution in [-0.4, -0.2) is 37.2 Å². The van der Waals surface area contributed by atoms with Gasteiger partial charge in [-0.15, -0.1) is 0 Å². The number of ether oxygens (including phenoxy) is 3. The Morgan fingerprint density at radius 2 is 0.767 bits per heavy atom. The average molecular weight is 829 g/mol. The molecule has 0 radical (unpaired) electrons. The van der Waals surface area contributed by atoms with E-state index in [4.69, 9.17) is 14.2 Å². The Hall–Kier alpha value is -4.19. The summed E-state index contributed by atoms with van der Waals surface area (Å²) in [5, 5.41) is 0. The number of hydrogen-bond acceptors (Lipinski definition) is 6. The quantitative estimate of drug-likeness (QED) is 0.0201. The summed E-state index contributed by atoms with van der Waals surface area (Å²) >= 11 is 0. The van der Waals surface area contributed by atoms with Gasteiger partial charge in [0.1, 0.15) is 13.2 Å². The SMILES string of the molecule is CC\C=C/C=C\C=C/C=C\CCCCCC(=O)OC(COC(=O)CC/C=C\C/C=C\C/C=C\C/C=C\C/C=C\C/C=C\CC)COC(=O)CCCCCCCCCCCC. The number of carbonyl (C=O) groups excluding carboxylic acids is 3. The van der Waals surface area contributed by atoms with Crippen LogP contribution < -0.4 is 0 Å². The molecule has 1 unspecified atom stereocenters. The molecule has 336 valence electrons. The molecular formula is C54H84O6. The van der Waals surface area contributed by atoms with E-state index in [-0.39, 0.29) is 44.0 Å². The summed E-state index contributed by atoms with van der Waals surface area (Å²) in [7, 11) is 0. The second-order valence-corrected chi connectivity index (χ2v) is 15.0. The van der Waals surface area contributed by atoms with Crippen molar-refractivity contribution in [1.82, 2.24) is 0 Å². The fourth-order valence-corrected chi connectivity index (χ4v) is 5.83. The van der Waals surface area contributed by atoms with Crippen LogP contribution in [0.15, 0.2) is 122 Å². The molecule has 1 atom stereocenters. The lowest BCUT2D eigenvalue weighted by Gasteiger charge is -2.18. The van der Waals surface area contributed by atoms with Crippen LogP contribution in [-0.2, 0) is 28.6 Å². The van der Waals surface area contributed by atoms with Gasteiger partial charge in [-0.05, 0) is 77.0 Å². The molecule has 0 amide bonds. The van der Waals surface area contributed by atoms with E-state index >= 15 is 0 Å². The zero-order chi connectivity index (χ0) is 43.7. The van der Waals surface area contributed by atoms with Gasteiger partial charge in [0.15, 0.2) is 6.10 Å². The van der Waals surface area contributed by atoms with Gasteiger partial charge in [-0.1, -0.05) is 206 Å². The molecule has 60 heavy (non-hydrogen) atoms. The summed E-state index contributed by atoms with van der Waals surface area (Å²) in [5.74, 6) is -1.06. The number of carbonyl (C=O) groups is 3. The Morgan fingerprint density at radius 3 is 1.28 bits per heavy atom. The number of hydrogen-bond donors (Lipinski definition) is 0. The molecule has 0 aliphatic heterocycles. The van der Waals surface area contributed by atoms with Crippen LogP contribution in [0.5, 0.6) is 0 Å². The van der Waals surface area contributed by atoms with Gasteiger partial charge in [-0.3, -0.25) is 14.4 Å². The lowest BCUT2D eigenvalue weighted by molar-refractivity contribution is -0.166. The average Bonchev–Trinajstić information content (AvgIpc) is 3.24. The minimum absolute atomic E-state index is 0.120. The van der Waals surface area contributed by atoms with Gasteiger partial charge in [0.25, 0.3) is 0 Å². The van der Waals surface area contributed by atoms with Crippen molar-refractivity contribution in [2.24, 2.45) is 0 Å². The van der Waals surface area contributed by atoms with Crippen LogP contribution in [0.1, 0.15) is 181 Å². The molecule has 6 heteroatoms. The summed E-state index contributed by atoms with van der Waals surface area (Å²) < 4.78 is 16.6. The minimum atomic E-state index is -0.829. The Bertz CT molecular complexity index is 1320. The molecular weight excluding hydrogens is 745 g/mol. The van der Waals surface area contributed by atoms with Gasteiger partial charge in [0.2, 0.25) is 0 Å². The van der Waals surface area contributed by atoms with Crippen LogP contribution >= 0.6 is 0 Å². The monoisotopic (exact) mass is 829 g/mol. The third-order valence-corrected chi connectivity index (χ3v) is 9.32. The highest BCUT2D eigenvalue weighted by atomic mass is 16.6. The molecule has 0 aliphatic carbocycles.